The number of hydrogen-bond acceptors (Lipinski definition) is 4. The first kappa shape index (κ1) is 33.2. The zero-order valence-corrected chi connectivity index (χ0v) is 27.2. The van der Waals surface area contributed by atoms with Crippen LogP contribution in [0.5, 0.6) is 0 Å². The van der Waals surface area contributed by atoms with Gasteiger partial charge in [-0.2, -0.15) is 0 Å². The number of carboxylic acid groups (broad SMARTS) is 1. The van der Waals surface area contributed by atoms with Crippen LogP contribution in [0.4, 0.5) is 0 Å². The van der Waals surface area contributed by atoms with Gasteiger partial charge in [0, 0.05) is 22.9 Å². The number of pyridine rings is 1. The van der Waals surface area contributed by atoms with Crippen molar-refractivity contribution >= 4 is 69.7 Å². The molecule has 0 bridgehead atoms. The lowest BCUT2D eigenvalue weighted by molar-refractivity contribution is 0.0691. The highest BCUT2D eigenvalue weighted by Gasteiger charge is 2.22. The molecule has 2 unspecified atom stereocenters. The molecule has 46 heavy (non-hydrogen) atoms. The van der Waals surface area contributed by atoms with E-state index in [1.807, 2.05) is 84.9 Å². The highest BCUT2D eigenvalue weighted by molar-refractivity contribution is 6.42. The Balaban J connectivity index is 1.42. The van der Waals surface area contributed by atoms with Crippen LogP contribution in [0.15, 0.2) is 91.0 Å². The molecule has 4 aromatic carbocycles. The molecule has 234 valence electrons. The average molecular weight is 674 g/mol. The first-order chi connectivity index (χ1) is 22.1. The third-order valence-corrected chi connectivity index (χ3v) is 8.59. The molecule has 1 heterocycles. The van der Waals surface area contributed by atoms with Crippen molar-refractivity contribution in [2.24, 2.45) is 0 Å². The van der Waals surface area contributed by atoms with Crippen molar-refractivity contribution in [3.63, 3.8) is 0 Å². The summed E-state index contributed by atoms with van der Waals surface area (Å²) in [7, 11) is 0. The van der Waals surface area contributed by atoms with Crippen molar-refractivity contribution in [1.29, 1.82) is 0 Å². The number of rotatable bonds is 11. The largest absolute Gasteiger partial charge is 0.478 e. The predicted octanol–water partition coefficient (Wildman–Crippen LogP) is 8.94. The van der Waals surface area contributed by atoms with Crippen LogP contribution < -0.4 is 5.32 Å². The lowest BCUT2D eigenvalue weighted by Gasteiger charge is -2.23. The van der Waals surface area contributed by atoms with Gasteiger partial charge in [-0.25, -0.2) is 9.78 Å². The Labute approximate surface area is 282 Å². The summed E-state index contributed by atoms with van der Waals surface area (Å²) in [5, 5.41) is 24.5. The third kappa shape index (κ3) is 8.14. The molecule has 0 spiro atoms. The van der Waals surface area contributed by atoms with Gasteiger partial charge in [0.15, 0.2) is 0 Å². The van der Waals surface area contributed by atoms with Crippen molar-refractivity contribution in [1.82, 2.24) is 10.3 Å². The van der Waals surface area contributed by atoms with Crippen LogP contribution in [0.25, 0.3) is 23.1 Å². The van der Waals surface area contributed by atoms with Crippen LogP contribution >= 0.6 is 34.8 Å². The van der Waals surface area contributed by atoms with Crippen LogP contribution in [-0.4, -0.2) is 39.7 Å². The fraction of sp³-hybridized carbons (Fsp3) is 0.162. The number of hydrogen-bond donors (Lipinski definition) is 3. The Morgan fingerprint density at radius 2 is 1.61 bits per heavy atom. The lowest BCUT2D eigenvalue weighted by atomic mass is 9.84. The monoisotopic (exact) mass is 672 g/mol. The quantitative estimate of drug-likeness (QED) is 0.130. The maximum atomic E-state index is 13.1. The number of aromatic nitrogens is 1. The smallest absolute Gasteiger partial charge is 0.336 e. The molecule has 5 rings (SSSR count). The molecular weight excluding hydrogens is 643 g/mol. The molecular formula is C37H31Cl3N2O4. The Hall–Kier alpha value is -4.20. The van der Waals surface area contributed by atoms with E-state index in [-0.39, 0.29) is 33.6 Å². The summed E-state index contributed by atoms with van der Waals surface area (Å²) in [6.45, 7) is 2.00. The Bertz CT molecular complexity index is 1940. The van der Waals surface area contributed by atoms with Crippen LogP contribution in [0, 0.1) is 0 Å². The van der Waals surface area contributed by atoms with Crippen molar-refractivity contribution in [2.75, 3.05) is 6.54 Å². The Morgan fingerprint density at radius 1 is 0.870 bits per heavy atom. The molecule has 1 aromatic heterocycles. The minimum Gasteiger partial charge on any atom is -0.478 e. The van der Waals surface area contributed by atoms with Crippen LogP contribution in [0.1, 0.15) is 67.9 Å². The van der Waals surface area contributed by atoms with E-state index < -0.39 is 18.0 Å². The number of nitrogens with one attached hydrogen (secondary N) is 1. The van der Waals surface area contributed by atoms with E-state index in [0.29, 0.717) is 17.9 Å². The molecule has 0 saturated heterocycles. The highest BCUT2D eigenvalue weighted by atomic mass is 35.5. The first-order valence-corrected chi connectivity index (χ1v) is 15.8. The Kier molecular flexibility index (Phi) is 10.8. The van der Waals surface area contributed by atoms with E-state index in [9.17, 15) is 19.8 Å². The molecule has 0 aliphatic heterocycles. The van der Waals surface area contributed by atoms with Gasteiger partial charge in [-0.15, -0.1) is 0 Å². The second-order valence-corrected chi connectivity index (χ2v) is 12.3. The minimum atomic E-state index is -1.28. The molecule has 0 saturated carbocycles. The molecule has 2 atom stereocenters. The minimum absolute atomic E-state index is 0.0557. The number of amides is 1. The van der Waals surface area contributed by atoms with E-state index in [2.05, 4.69) is 11.4 Å². The van der Waals surface area contributed by atoms with Gasteiger partial charge in [0.2, 0.25) is 0 Å². The summed E-state index contributed by atoms with van der Waals surface area (Å²) >= 11 is 18.3. The first-order valence-electron chi connectivity index (χ1n) is 14.7. The SMILES string of the molecule is CC(O)Cc1ccccc1C(CCNC(=O)c1cc(Cl)c(Cl)cc1C(=O)O)c1cccc(C=Cc2ccc3ccc(Cl)cc3n2)c1. The number of benzene rings is 4. The number of aromatic carboxylic acids is 1. The third-order valence-electron chi connectivity index (χ3n) is 7.64. The number of carbonyl (C=O) groups is 2. The van der Waals surface area contributed by atoms with Gasteiger partial charge in [0.1, 0.15) is 0 Å². The summed E-state index contributed by atoms with van der Waals surface area (Å²) < 4.78 is 0. The van der Waals surface area contributed by atoms with Crippen molar-refractivity contribution in [2.45, 2.75) is 31.8 Å². The molecule has 9 heteroatoms. The molecule has 0 aliphatic rings. The number of carboxylic acids is 1. The topological polar surface area (TPSA) is 99.5 Å². The molecule has 0 aliphatic carbocycles. The second-order valence-electron chi connectivity index (χ2n) is 11.0. The van der Waals surface area contributed by atoms with Crippen LogP contribution in [0.3, 0.4) is 0 Å². The van der Waals surface area contributed by atoms with Gasteiger partial charge in [-0.3, -0.25) is 4.79 Å². The molecule has 0 radical (unpaired) electrons. The van der Waals surface area contributed by atoms with Gasteiger partial charge in [0.05, 0.1) is 38.5 Å². The normalized spacial score (nSPS) is 12.7. The Morgan fingerprint density at radius 3 is 2.37 bits per heavy atom. The summed E-state index contributed by atoms with van der Waals surface area (Å²) in [5.41, 5.74) is 5.35. The van der Waals surface area contributed by atoms with Crippen molar-refractivity contribution in [3.8, 4) is 0 Å². The fourth-order valence-electron chi connectivity index (χ4n) is 5.48. The van der Waals surface area contributed by atoms with Crippen molar-refractivity contribution < 1.29 is 19.8 Å². The zero-order chi connectivity index (χ0) is 32.8. The van der Waals surface area contributed by atoms with E-state index in [1.54, 1.807) is 6.92 Å². The van der Waals surface area contributed by atoms with Gasteiger partial charge >= 0.3 is 5.97 Å². The predicted molar refractivity (Wildman–Crippen MR) is 186 cm³/mol. The highest BCUT2D eigenvalue weighted by Crippen LogP contribution is 2.32. The van der Waals surface area contributed by atoms with E-state index in [1.165, 1.54) is 12.1 Å². The number of carbonyl (C=O) groups excluding carboxylic acids is 1. The summed E-state index contributed by atoms with van der Waals surface area (Å²) in [4.78, 5) is 29.7. The number of halogens is 3. The van der Waals surface area contributed by atoms with Crippen LogP contribution in [0.2, 0.25) is 15.1 Å². The molecule has 1 amide bonds. The fourth-order valence-corrected chi connectivity index (χ4v) is 5.97. The standard InChI is InChI=1S/C37H31Cl3N2O4/c1-22(43)17-25-6-2-3-8-29(25)30(15-16-41-36(44)31-20-33(39)34(40)21-32(31)37(45)46)26-7-4-5-23(18-26)9-13-28-14-11-24-10-12-27(38)19-35(24)42-28/h2-14,18-22,30,43H,15-17H2,1H3,(H,41,44)(H,45,46). The van der Waals surface area contributed by atoms with Crippen molar-refractivity contribution in [3.05, 3.63) is 145 Å². The van der Waals surface area contributed by atoms with E-state index >= 15 is 0 Å². The molecule has 0 fully saturated rings. The average Bonchev–Trinajstić information content (AvgIpc) is 3.03. The van der Waals surface area contributed by atoms with E-state index in [0.717, 1.165) is 38.9 Å². The summed E-state index contributed by atoms with van der Waals surface area (Å²) in [6.07, 6.45) is 4.39. The summed E-state index contributed by atoms with van der Waals surface area (Å²) in [5.74, 6) is -1.98. The maximum absolute atomic E-state index is 13.1. The second kappa shape index (κ2) is 14.9. The lowest BCUT2D eigenvalue weighted by Crippen LogP contribution is -2.27. The maximum Gasteiger partial charge on any atom is 0.336 e. The number of nitrogens with zero attached hydrogens (tertiary/aromatic N) is 1. The van der Waals surface area contributed by atoms with Gasteiger partial charge < -0.3 is 15.5 Å². The molecule has 5 aromatic rings. The summed E-state index contributed by atoms with van der Waals surface area (Å²) in [6, 6.07) is 28.1. The van der Waals surface area contributed by atoms with E-state index in [4.69, 9.17) is 39.8 Å². The number of aliphatic hydroxyl groups excluding tert-OH is 1. The molecule has 6 nitrogen and oxygen atoms in total. The van der Waals surface area contributed by atoms with Gasteiger partial charge in [0.25, 0.3) is 5.91 Å². The van der Waals surface area contributed by atoms with Gasteiger partial charge in [-0.05, 0) is 78.4 Å². The number of fused-ring (bicyclic) bond motifs is 1. The van der Waals surface area contributed by atoms with Crippen LogP contribution in [-0.2, 0) is 6.42 Å². The number of aliphatic hydroxyl groups is 1. The zero-order valence-electron chi connectivity index (χ0n) is 24.9. The van der Waals surface area contributed by atoms with Gasteiger partial charge in [-0.1, -0.05) is 102 Å². The molecule has 3 N–H and O–H groups in total.